The number of aromatic amines is 1. The van der Waals surface area contributed by atoms with Gasteiger partial charge in [-0.2, -0.15) is 4.31 Å². The molecule has 0 amide bonds. The standard InChI is InChI=1S/C11H16N2O4S/c1-3-5-13(6-4-2)18(16,17)9-7-10(11(14)15)12-8-9/h3,7-8,12H,1,4-6H2,2H3,(H,14,15). The molecule has 0 saturated heterocycles. The van der Waals surface area contributed by atoms with Crippen molar-refractivity contribution in [2.24, 2.45) is 0 Å². The molecule has 0 saturated carbocycles. The number of H-pyrrole nitrogens is 1. The molecular weight excluding hydrogens is 256 g/mol. The Balaban J connectivity index is 3.09. The maximum Gasteiger partial charge on any atom is 0.352 e. The third kappa shape index (κ3) is 2.99. The Kier molecular flexibility index (Phi) is 4.69. The van der Waals surface area contributed by atoms with Crippen molar-refractivity contribution in [3.63, 3.8) is 0 Å². The molecule has 1 rings (SSSR count). The normalized spacial score (nSPS) is 11.7. The van der Waals surface area contributed by atoms with Gasteiger partial charge < -0.3 is 10.1 Å². The van der Waals surface area contributed by atoms with Gasteiger partial charge in [-0.05, 0) is 12.5 Å². The quantitative estimate of drug-likeness (QED) is 0.732. The van der Waals surface area contributed by atoms with Gasteiger partial charge in [0.05, 0.1) is 0 Å². The van der Waals surface area contributed by atoms with E-state index in [1.54, 1.807) is 0 Å². The lowest BCUT2D eigenvalue weighted by molar-refractivity contribution is 0.0691. The fraction of sp³-hybridized carbons (Fsp3) is 0.364. The van der Waals surface area contributed by atoms with Gasteiger partial charge in [0.25, 0.3) is 0 Å². The summed E-state index contributed by atoms with van der Waals surface area (Å²) < 4.78 is 25.7. The smallest absolute Gasteiger partial charge is 0.352 e. The molecule has 0 unspecified atom stereocenters. The maximum atomic E-state index is 12.2. The van der Waals surface area contributed by atoms with E-state index in [9.17, 15) is 13.2 Å². The number of rotatable bonds is 7. The Morgan fingerprint density at radius 1 is 1.61 bits per heavy atom. The fourth-order valence-electron chi connectivity index (χ4n) is 1.50. The third-order valence-electron chi connectivity index (χ3n) is 2.33. The highest BCUT2D eigenvalue weighted by atomic mass is 32.2. The number of carbonyl (C=O) groups is 1. The third-order valence-corrected chi connectivity index (χ3v) is 4.17. The molecule has 0 aliphatic heterocycles. The van der Waals surface area contributed by atoms with E-state index in [4.69, 9.17) is 5.11 Å². The summed E-state index contributed by atoms with van der Waals surface area (Å²) in [5.41, 5.74) is -0.149. The van der Waals surface area contributed by atoms with Crippen molar-refractivity contribution in [3.05, 3.63) is 30.6 Å². The zero-order chi connectivity index (χ0) is 13.8. The van der Waals surface area contributed by atoms with Crippen LogP contribution in [-0.2, 0) is 10.0 Å². The highest BCUT2D eigenvalue weighted by Gasteiger charge is 2.24. The van der Waals surface area contributed by atoms with Gasteiger partial charge in [0.15, 0.2) is 0 Å². The molecule has 1 heterocycles. The molecule has 6 nitrogen and oxygen atoms in total. The number of nitrogens with zero attached hydrogens (tertiary/aromatic N) is 1. The monoisotopic (exact) mass is 272 g/mol. The first-order chi connectivity index (χ1) is 8.43. The van der Waals surface area contributed by atoms with Gasteiger partial charge in [-0.1, -0.05) is 13.0 Å². The minimum Gasteiger partial charge on any atom is -0.477 e. The van der Waals surface area contributed by atoms with Crippen LogP contribution < -0.4 is 0 Å². The minimum absolute atomic E-state index is 0.0461. The van der Waals surface area contributed by atoms with E-state index in [-0.39, 0.29) is 17.1 Å². The van der Waals surface area contributed by atoms with Crippen LogP contribution in [0.4, 0.5) is 0 Å². The number of carboxylic acid groups (broad SMARTS) is 1. The molecule has 0 aliphatic carbocycles. The molecule has 0 radical (unpaired) electrons. The Morgan fingerprint density at radius 3 is 2.72 bits per heavy atom. The Hall–Kier alpha value is -1.60. The van der Waals surface area contributed by atoms with Crippen molar-refractivity contribution in [1.29, 1.82) is 0 Å². The van der Waals surface area contributed by atoms with Crippen molar-refractivity contribution in [2.75, 3.05) is 13.1 Å². The van der Waals surface area contributed by atoms with Crippen LogP contribution >= 0.6 is 0 Å². The Morgan fingerprint density at radius 2 is 2.28 bits per heavy atom. The van der Waals surface area contributed by atoms with Crippen LogP contribution in [0, 0.1) is 0 Å². The van der Waals surface area contributed by atoms with Gasteiger partial charge in [-0.15, -0.1) is 6.58 Å². The second-order valence-electron chi connectivity index (χ2n) is 3.71. The van der Waals surface area contributed by atoms with Crippen LogP contribution in [0.25, 0.3) is 0 Å². The topological polar surface area (TPSA) is 90.5 Å². The number of aromatic nitrogens is 1. The molecule has 1 aromatic rings. The predicted octanol–water partition coefficient (Wildman–Crippen LogP) is 1.30. The number of carboxylic acids is 1. The van der Waals surface area contributed by atoms with Gasteiger partial charge in [0.1, 0.15) is 10.6 Å². The highest BCUT2D eigenvalue weighted by Crippen LogP contribution is 2.17. The van der Waals surface area contributed by atoms with Crippen LogP contribution in [0.2, 0.25) is 0 Å². The Labute approximate surface area is 106 Å². The molecule has 1 aromatic heterocycles. The van der Waals surface area contributed by atoms with Crippen LogP contribution in [0.5, 0.6) is 0 Å². The summed E-state index contributed by atoms with van der Waals surface area (Å²) in [6, 6.07) is 1.11. The number of sulfonamides is 1. The van der Waals surface area contributed by atoms with Crippen LogP contribution in [0.3, 0.4) is 0 Å². The van der Waals surface area contributed by atoms with Crippen LogP contribution in [0.15, 0.2) is 29.8 Å². The van der Waals surface area contributed by atoms with E-state index < -0.39 is 16.0 Å². The average Bonchev–Trinajstić information content (AvgIpc) is 2.78. The van der Waals surface area contributed by atoms with Crippen LogP contribution in [-0.4, -0.2) is 41.9 Å². The van der Waals surface area contributed by atoms with Crippen molar-refractivity contribution in [3.8, 4) is 0 Å². The van der Waals surface area contributed by atoms with Crippen molar-refractivity contribution < 1.29 is 18.3 Å². The molecular formula is C11H16N2O4S. The summed E-state index contributed by atoms with van der Waals surface area (Å²) in [7, 11) is -3.67. The SMILES string of the molecule is C=CCN(CCC)S(=O)(=O)c1c[nH]c(C(=O)O)c1. The first-order valence-corrected chi connectivity index (χ1v) is 6.90. The maximum absolute atomic E-state index is 12.2. The summed E-state index contributed by atoms with van der Waals surface area (Å²) in [5, 5.41) is 8.75. The largest absolute Gasteiger partial charge is 0.477 e. The van der Waals surface area contributed by atoms with E-state index in [0.717, 1.165) is 6.07 Å². The second-order valence-corrected chi connectivity index (χ2v) is 5.64. The zero-order valence-electron chi connectivity index (χ0n) is 10.1. The fourth-order valence-corrected chi connectivity index (χ4v) is 3.00. The summed E-state index contributed by atoms with van der Waals surface area (Å²) >= 11 is 0. The molecule has 0 aromatic carbocycles. The Bertz CT molecular complexity index is 533. The van der Waals surface area contributed by atoms with E-state index in [1.807, 2.05) is 6.92 Å². The van der Waals surface area contributed by atoms with Crippen molar-refractivity contribution in [1.82, 2.24) is 9.29 Å². The molecule has 7 heteroatoms. The number of hydrogen-bond acceptors (Lipinski definition) is 3. The molecule has 100 valence electrons. The number of nitrogens with one attached hydrogen (secondary N) is 1. The first-order valence-electron chi connectivity index (χ1n) is 5.46. The van der Waals surface area contributed by atoms with E-state index >= 15 is 0 Å². The van der Waals surface area contributed by atoms with E-state index in [0.29, 0.717) is 13.0 Å². The van der Waals surface area contributed by atoms with Crippen molar-refractivity contribution in [2.45, 2.75) is 18.2 Å². The minimum atomic E-state index is -3.67. The van der Waals surface area contributed by atoms with E-state index in [2.05, 4.69) is 11.6 Å². The molecule has 18 heavy (non-hydrogen) atoms. The van der Waals surface area contributed by atoms with Gasteiger partial charge in [-0.3, -0.25) is 0 Å². The number of hydrogen-bond donors (Lipinski definition) is 2. The summed E-state index contributed by atoms with van der Waals surface area (Å²) in [6.45, 7) is 5.94. The lowest BCUT2D eigenvalue weighted by Gasteiger charge is -2.18. The lowest BCUT2D eigenvalue weighted by atomic mass is 10.4. The van der Waals surface area contributed by atoms with Gasteiger partial charge in [0.2, 0.25) is 10.0 Å². The molecule has 0 spiro atoms. The predicted molar refractivity (Wildman–Crippen MR) is 67.0 cm³/mol. The molecule has 0 fully saturated rings. The summed E-state index contributed by atoms with van der Waals surface area (Å²) in [6.07, 6.45) is 3.35. The molecule has 0 bridgehead atoms. The second kappa shape index (κ2) is 5.83. The highest BCUT2D eigenvalue weighted by molar-refractivity contribution is 7.89. The molecule has 0 atom stereocenters. The first kappa shape index (κ1) is 14.5. The van der Waals surface area contributed by atoms with Crippen molar-refractivity contribution >= 4 is 16.0 Å². The summed E-state index contributed by atoms with van der Waals surface area (Å²) in [4.78, 5) is 13.1. The van der Waals surface area contributed by atoms with Gasteiger partial charge in [0, 0.05) is 19.3 Å². The molecule has 2 N–H and O–H groups in total. The van der Waals surface area contributed by atoms with E-state index in [1.165, 1.54) is 16.6 Å². The summed E-state index contributed by atoms with van der Waals surface area (Å²) in [5.74, 6) is -1.19. The number of aromatic carboxylic acids is 1. The van der Waals surface area contributed by atoms with Gasteiger partial charge >= 0.3 is 5.97 Å². The average molecular weight is 272 g/mol. The van der Waals surface area contributed by atoms with Crippen LogP contribution in [0.1, 0.15) is 23.8 Å². The molecule has 0 aliphatic rings. The zero-order valence-corrected chi connectivity index (χ0v) is 10.9. The lowest BCUT2D eigenvalue weighted by Crippen LogP contribution is -2.31. The van der Waals surface area contributed by atoms with Gasteiger partial charge in [-0.25, -0.2) is 13.2 Å².